The molecule has 0 spiro atoms. The maximum Gasteiger partial charge on any atom is 0.124 e. The van der Waals surface area contributed by atoms with Crippen molar-refractivity contribution in [1.82, 2.24) is 0 Å². The van der Waals surface area contributed by atoms with E-state index in [1.165, 1.54) is 0 Å². The zero-order valence-electron chi connectivity index (χ0n) is 11.4. The molecule has 2 aromatic rings. The molecule has 4 heteroatoms. The van der Waals surface area contributed by atoms with E-state index in [9.17, 15) is 0 Å². The van der Waals surface area contributed by atoms with Gasteiger partial charge in [0.2, 0.25) is 0 Å². The van der Waals surface area contributed by atoms with Gasteiger partial charge in [0.15, 0.2) is 0 Å². The van der Waals surface area contributed by atoms with Gasteiger partial charge in [0.1, 0.15) is 11.5 Å². The summed E-state index contributed by atoms with van der Waals surface area (Å²) in [5.74, 6) is 1.74. The lowest BCUT2D eigenvalue weighted by Gasteiger charge is -2.18. The Morgan fingerprint density at radius 3 is 2.50 bits per heavy atom. The summed E-state index contributed by atoms with van der Waals surface area (Å²) in [5, 5.41) is 0. The quantitative estimate of drug-likeness (QED) is 0.631. The van der Waals surface area contributed by atoms with Crippen LogP contribution in [-0.4, -0.2) is 13.7 Å². The zero-order chi connectivity index (χ0) is 14.5. The number of rotatable bonds is 5. The second kappa shape index (κ2) is 7.14. The van der Waals surface area contributed by atoms with E-state index in [4.69, 9.17) is 9.47 Å². The van der Waals surface area contributed by atoms with Crippen molar-refractivity contribution in [3.8, 4) is 11.5 Å². The van der Waals surface area contributed by atoms with E-state index in [1.54, 1.807) is 7.11 Å². The first kappa shape index (κ1) is 15.4. The predicted octanol–water partition coefficient (Wildman–Crippen LogP) is 5.34. The fourth-order valence-electron chi connectivity index (χ4n) is 2.05. The molecule has 0 aliphatic rings. The van der Waals surface area contributed by atoms with Gasteiger partial charge in [-0.1, -0.05) is 50.1 Å². The highest BCUT2D eigenvalue weighted by Crippen LogP contribution is 2.41. The highest BCUT2D eigenvalue weighted by Gasteiger charge is 2.19. The van der Waals surface area contributed by atoms with Crippen LogP contribution in [0.1, 0.15) is 22.9 Å². The third-order valence-electron chi connectivity index (χ3n) is 2.96. The molecule has 1 unspecified atom stereocenters. The Hall–Kier alpha value is -1.00. The van der Waals surface area contributed by atoms with E-state index in [-0.39, 0.29) is 4.83 Å². The van der Waals surface area contributed by atoms with E-state index in [1.807, 2.05) is 37.3 Å². The van der Waals surface area contributed by atoms with Gasteiger partial charge < -0.3 is 9.47 Å². The number of hydrogen-bond donors (Lipinski definition) is 0. The Kier molecular flexibility index (Phi) is 5.49. The summed E-state index contributed by atoms with van der Waals surface area (Å²) in [5.41, 5.74) is 2.15. The van der Waals surface area contributed by atoms with Crippen LogP contribution in [0.3, 0.4) is 0 Å². The van der Waals surface area contributed by atoms with Gasteiger partial charge in [0.05, 0.1) is 18.5 Å². The standard InChI is InChI=1S/C16H16Br2O2/c1-3-20-15-9-8-11(17)10-13(15)16(18)12-6-4-5-7-14(12)19-2/h4-10,16H,3H2,1-2H3. The van der Waals surface area contributed by atoms with E-state index in [0.717, 1.165) is 27.1 Å². The maximum atomic E-state index is 5.72. The molecule has 2 nitrogen and oxygen atoms in total. The van der Waals surface area contributed by atoms with Gasteiger partial charge in [0, 0.05) is 15.6 Å². The van der Waals surface area contributed by atoms with Crippen molar-refractivity contribution in [3.05, 3.63) is 58.1 Å². The van der Waals surface area contributed by atoms with Crippen LogP contribution in [0.5, 0.6) is 11.5 Å². The normalized spacial score (nSPS) is 12.0. The van der Waals surface area contributed by atoms with Gasteiger partial charge in [0.25, 0.3) is 0 Å². The number of methoxy groups -OCH3 is 1. The molecule has 106 valence electrons. The number of ether oxygens (including phenoxy) is 2. The molecule has 0 heterocycles. The second-order valence-corrected chi connectivity index (χ2v) is 6.05. The lowest BCUT2D eigenvalue weighted by Crippen LogP contribution is -2.01. The first-order chi connectivity index (χ1) is 9.67. The summed E-state index contributed by atoms with van der Waals surface area (Å²) in [7, 11) is 1.68. The maximum absolute atomic E-state index is 5.72. The van der Waals surface area contributed by atoms with Crippen LogP contribution in [0.4, 0.5) is 0 Å². The molecule has 0 fully saturated rings. The highest BCUT2D eigenvalue weighted by molar-refractivity contribution is 9.10. The molecule has 0 aliphatic heterocycles. The van der Waals surface area contributed by atoms with Crippen molar-refractivity contribution in [2.75, 3.05) is 13.7 Å². The molecule has 20 heavy (non-hydrogen) atoms. The Morgan fingerprint density at radius 1 is 1.05 bits per heavy atom. The summed E-state index contributed by atoms with van der Waals surface area (Å²) in [4.78, 5) is 0.0118. The number of benzene rings is 2. The molecular weight excluding hydrogens is 384 g/mol. The monoisotopic (exact) mass is 398 g/mol. The van der Waals surface area contributed by atoms with Crippen LogP contribution < -0.4 is 9.47 Å². The van der Waals surface area contributed by atoms with Crippen LogP contribution in [-0.2, 0) is 0 Å². The molecule has 2 aromatic carbocycles. The van der Waals surface area contributed by atoms with Crippen molar-refractivity contribution in [1.29, 1.82) is 0 Å². The van der Waals surface area contributed by atoms with Crippen LogP contribution in [0.2, 0.25) is 0 Å². The molecule has 0 amide bonds. The lowest BCUT2D eigenvalue weighted by molar-refractivity contribution is 0.337. The first-order valence-electron chi connectivity index (χ1n) is 6.36. The van der Waals surface area contributed by atoms with Gasteiger partial charge >= 0.3 is 0 Å². The molecule has 0 aromatic heterocycles. The Balaban J connectivity index is 2.46. The highest BCUT2D eigenvalue weighted by atomic mass is 79.9. The summed E-state index contributed by atoms with van der Waals surface area (Å²) < 4.78 is 12.2. The number of alkyl halides is 1. The first-order valence-corrected chi connectivity index (χ1v) is 8.07. The summed E-state index contributed by atoms with van der Waals surface area (Å²) in [6.45, 7) is 2.62. The van der Waals surface area contributed by atoms with Gasteiger partial charge in [-0.2, -0.15) is 0 Å². The Morgan fingerprint density at radius 2 is 1.80 bits per heavy atom. The van der Waals surface area contributed by atoms with Crippen molar-refractivity contribution < 1.29 is 9.47 Å². The third kappa shape index (κ3) is 3.36. The van der Waals surface area contributed by atoms with Gasteiger partial charge in [-0.3, -0.25) is 0 Å². The SMILES string of the molecule is CCOc1ccc(Br)cc1C(Br)c1ccccc1OC. The molecular formula is C16H16Br2O2. The minimum absolute atomic E-state index is 0.0118. The fraction of sp³-hybridized carbons (Fsp3) is 0.250. The number of para-hydroxylation sites is 1. The van der Waals surface area contributed by atoms with E-state index in [2.05, 4.69) is 44.0 Å². The number of hydrogen-bond acceptors (Lipinski definition) is 2. The average molecular weight is 400 g/mol. The van der Waals surface area contributed by atoms with Crippen molar-refractivity contribution >= 4 is 31.9 Å². The predicted molar refractivity (Wildman–Crippen MR) is 89.1 cm³/mol. The minimum Gasteiger partial charge on any atom is -0.496 e. The topological polar surface area (TPSA) is 18.5 Å². The number of halogens is 2. The van der Waals surface area contributed by atoms with Crippen LogP contribution >= 0.6 is 31.9 Å². The molecule has 1 atom stereocenters. The summed E-state index contributed by atoms with van der Waals surface area (Å²) in [6.07, 6.45) is 0. The average Bonchev–Trinajstić information content (AvgIpc) is 2.48. The van der Waals surface area contributed by atoms with Crippen molar-refractivity contribution in [2.45, 2.75) is 11.8 Å². The lowest BCUT2D eigenvalue weighted by atomic mass is 10.0. The van der Waals surface area contributed by atoms with Gasteiger partial charge in [-0.25, -0.2) is 0 Å². The minimum atomic E-state index is 0.0118. The molecule has 0 saturated carbocycles. The molecule has 0 N–H and O–H groups in total. The van der Waals surface area contributed by atoms with Gasteiger partial charge in [-0.05, 0) is 31.2 Å². The third-order valence-corrected chi connectivity index (χ3v) is 4.44. The van der Waals surface area contributed by atoms with Crippen molar-refractivity contribution in [3.63, 3.8) is 0 Å². The molecule has 0 aliphatic carbocycles. The van der Waals surface area contributed by atoms with Crippen molar-refractivity contribution in [2.24, 2.45) is 0 Å². The van der Waals surface area contributed by atoms with Crippen LogP contribution in [0, 0.1) is 0 Å². The van der Waals surface area contributed by atoms with Gasteiger partial charge in [-0.15, -0.1) is 0 Å². The zero-order valence-corrected chi connectivity index (χ0v) is 14.6. The van der Waals surface area contributed by atoms with E-state index < -0.39 is 0 Å². The van der Waals surface area contributed by atoms with E-state index >= 15 is 0 Å². The fourth-order valence-corrected chi connectivity index (χ4v) is 3.16. The summed E-state index contributed by atoms with van der Waals surface area (Å²) in [6, 6.07) is 14.0. The molecule has 0 saturated heterocycles. The Labute approximate surface area is 136 Å². The molecule has 0 bridgehead atoms. The smallest absolute Gasteiger partial charge is 0.124 e. The molecule has 2 rings (SSSR count). The molecule has 0 radical (unpaired) electrons. The summed E-state index contributed by atoms with van der Waals surface area (Å²) >= 11 is 7.28. The second-order valence-electron chi connectivity index (χ2n) is 4.22. The van der Waals surface area contributed by atoms with E-state index in [0.29, 0.717) is 6.61 Å². The van der Waals surface area contributed by atoms with Crippen LogP contribution in [0.25, 0.3) is 0 Å². The van der Waals surface area contributed by atoms with Crippen LogP contribution in [0.15, 0.2) is 46.9 Å². The Bertz CT molecular complexity index is 584. The largest absolute Gasteiger partial charge is 0.496 e.